The molecule has 25 heavy (non-hydrogen) atoms. The summed E-state index contributed by atoms with van der Waals surface area (Å²) in [6, 6.07) is 15.3. The Kier molecular flexibility index (Phi) is 5.87. The summed E-state index contributed by atoms with van der Waals surface area (Å²) in [6.07, 6.45) is 4.50. The summed E-state index contributed by atoms with van der Waals surface area (Å²) in [5.74, 6) is 1.72. The van der Waals surface area contributed by atoms with Crippen LogP contribution in [-0.2, 0) is 16.6 Å². The van der Waals surface area contributed by atoms with Crippen LogP contribution in [0, 0.1) is 0 Å². The first-order chi connectivity index (χ1) is 12.2. The maximum Gasteiger partial charge on any atom is 0.131 e. The van der Waals surface area contributed by atoms with Crippen molar-refractivity contribution in [2.45, 2.75) is 36.7 Å². The Hall–Kier alpha value is -2.14. The van der Waals surface area contributed by atoms with E-state index >= 15 is 0 Å². The van der Waals surface area contributed by atoms with Gasteiger partial charge in [0.15, 0.2) is 0 Å². The quantitative estimate of drug-likeness (QED) is 0.630. The van der Waals surface area contributed by atoms with Crippen molar-refractivity contribution in [3.05, 3.63) is 59.7 Å². The van der Waals surface area contributed by atoms with E-state index in [9.17, 15) is 4.21 Å². The molecule has 0 spiro atoms. The number of hydrogen-bond acceptors (Lipinski definition) is 3. The summed E-state index contributed by atoms with van der Waals surface area (Å²) in [7, 11) is 0.763. The average Bonchev–Trinajstić information content (AvgIpc) is 3.17. The zero-order valence-corrected chi connectivity index (χ0v) is 15.3. The van der Waals surface area contributed by atoms with Gasteiger partial charge in [-0.15, -0.1) is 0 Å². The second kappa shape index (κ2) is 8.30. The minimum absolute atomic E-state index is 0.311. The summed E-state index contributed by atoms with van der Waals surface area (Å²) >= 11 is 0. The Morgan fingerprint density at radius 2 is 1.92 bits per heavy atom. The molecule has 132 valence electrons. The van der Waals surface area contributed by atoms with Gasteiger partial charge >= 0.3 is 0 Å². The Morgan fingerprint density at radius 3 is 2.60 bits per heavy atom. The summed E-state index contributed by atoms with van der Waals surface area (Å²) in [5, 5.41) is 0.311. The van der Waals surface area contributed by atoms with Crippen LogP contribution < -0.4 is 10.5 Å². The van der Waals surface area contributed by atoms with Crippen molar-refractivity contribution < 1.29 is 8.95 Å². The molecule has 3 rings (SSSR count). The van der Waals surface area contributed by atoms with Crippen molar-refractivity contribution in [2.75, 3.05) is 7.11 Å². The highest BCUT2D eigenvalue weighted by molar-refractivity contribution is 7.84. The lowest BCUT2D eigenvalue weighted by molar-refractivity contribution is 0.411. The van der Waals surface area contributed by atoms with Gasteiger partial charge in [0.2, 0.25) is 0 Å². The van der Waals surface area contributed by atoms with E-state index in [-0.39, 0.29) is 0 Å². The minimum atomic E-state index is -0.875. The summed E-state index contributed by atoms with van der Waals surface area (Å²) in [4.78, 5) is 4.51. The van der Waals surface area contributed by atoms with Gasteiger partial charge in [-0.05, 0) is 31.0 Å². The molecule has 1 unspecified atom stereocenters. The van der Waals surface area contributed by atoms with Crippen LogP contribution in [0.25, 0.3) is 0 Å². The molecule has 1 fully saturated rings. The molecular formula is C20H24N2O2S. The Morgan fingerprint density at radius 1 is 1.20 bits per heavy atom. The fourth-order valence-electron chi connectivity index (χ4n) is 3.18. The standard InChI is InChI=1S/C20H24N2O2S/c1-24-19-12-11-17(22-20(21)15-7-3-2-4-8-15)13-16(19)14-25(23)18-9-5-6-10-18/h2-4,7-8,11-13,18H,5-6,9-10,14H2,1H3,(H2,21,22). The van der Waals surface area contributed by atoms with Crippen LogP contribution in [0.1, 0.15) is 36.8 Å². The van der Waals surface area contributed by atoms with Gasteiger partial charge in [0.05, 0.1) is 18.6 Å². The molecule has 0 radical (unpaired) electrons. The van der Waals surface area contributed by atoms with E-state index < -0.39 is 10.8 Å². The largest absolute Gasteiger partial charge is 0.496 e. The van der Waals surface area contributed by atoms with Gasteiger partial charge in [0.1, 0.15) is 11.6 Å². The van der Waals surface area contributed by atoms with Gasteiger partial charge in [0.25, 0.3) is 0 Å². The lowest BCUT2D eigenvalue weighted by Gasteiger charge is -2.13. The number of aliphatic imine (C=N–C) groups is 1. The lowest BCUT2D eigenvalue weighted by Crippen LogP contribution is -2.13. The number of rotatable bonds is 6. The van der Waals surface area contributed by atoms with Crippen LogP contribution in [0.2, 0.25) is 0 Å². The van der Waals surface area contributed by atoms with Crippen molar-refractivity contribution in [1.82, 2.24) is 0 Å². The lowest BCUT2D eigenvalue weighted by atomic mass is 10.2. The van der Waals surface area contributed by atoms with Crippen molar-refractivity contribution >= 4 is 22.3 Å². The first-order valence-corrected chi connectivity index (χ1v) is 9.99. The van der Waals surface area contributed by atoms with Gasteiger partial charge in [0, 0.05) is 27.2 Å². The summed E-state index contributed by atoms with van der Waals surface area (Å²) in [5.41, 5.74) is 8.67. The fraction of sp³-hybridized carbons (Fsp3) is 0.350. The van der Waals surface area contributed by atoms with Gasteiger partial charge < -0.3 is 10.5 Å². The molecule has 1 atom stereocenters. The second-order valence-electron chi connectivity index (χ2n) is 6.29. The molecule has 0 heterocycles. The van der Waals surface area contributed by atoms with Crippen LogP contribution in [0.15, 0.2) is 53.5 Å². The Labute approximate surface area is 151 Å². The van der Waals surface area contributed by atoms with Crippen LogP contribution >= 0.6 is 0 Å². The molecule has 2 aromatic carbocycles. The zero-order valence-electron chi connectivity index (χ0n) is 14.5. The molecule has 0 saturated heterocycles. The molecule has 1 aliphatic carbocycles. The highest BCUT2D eigenvalue weighted by Crippen LogP contribution is 2.29. The van der Waals surface area contributed by atoms with Crippen molar-refractivity contribution in [1.29, 1.82) is 0 Å². The first kappa shape index (κ1) is 17.7. The van der Waals surface area contributed by atoms with Crippen LogP contribution in [0.3, 0.4) is 0 Å². The zero-order chi connectivity index (χ0) is 17.6. The number of amidine groups is 1. The van der Waals surface area contributed by atoms with Crippen LogP contribution in [0.4, 0.5) is 5.69 Å². The molecule has 2 aromatic rings. The molecule has 5 heteroatoms. The topological polar surface area (TPSA) is 64.7 Å². The maximum atomic E-state index is 12.6. The van der Waals surface area contributed by atoms with Crippen LogP contribution in [-0.4, -0.2) is 22.4 Å². The smallest absolute Gasteiger partial charge is 0.131 e. The van der Waals surface area contributed by atoms with Gasteiger partial charge in [-0.1, -0.05) is 43.2 Å². The van der Waals surface area contributed by atoms with Crippen molar-refractivity contribution in [3.63, 3.8) is 0 Å². The number of nitrogens with zero attached hydrogens (tertiary/aromatic N) is 1. The number of nitrogens with two attached hydrogens (primary N) is 1. The van der Waals surface area contributed by atoms with Crippen molar-refractivity contribution in [3.8, 4) is 5.75 Å². The van der Waals surface area contributed by atoms with E-state index in [0.29, 0.717) is 16.8 Å². The summed E-state index contributed by atoms with van der Waals surface area (Å²) in [6.45, 7) is 0. The van der Waals surface area contributed by atoms with E-state index in [1.54, 1.807) is 7.11 Å². The molecule has 1 aliphatic rings. The number of benzene rings is 2. The molecule has 0 aliphatic heterocycles. The van der Waals surface area contributed by atoms with Gasteiger partial charge in [-0.3, -0.25) is 4.21 Å². The summed E-state index contributed by atoms with van der Waals surface area (Å²) < 4.78 is 18.1. The second-order valence-corrected chi connectivity index (χ2v) is 8.01. The normalized spacial score (nSPS) is 16.8. The third kappa shape index (κ3) is 4.48. The third-order valence-electron chi connectivity index (χ3n) is 4.55. The number of methoxy groups -OCH3 is 1. The average molecular weight is 356 g/mol. The monoisotopic (exact) mass is 356 g/mol. The predicted molar refractivity (Wildman–Crippen MR) is 104 cm³/mol. The SMILES string of the molecule is COc1ccc(N=C(N)c2ccccc2)cc1CS(=O)C1CCCC1. The van der Waals surface area contributed by atoms with E-state index in [1.807, 2.05) is 48.5 Å². The molecule has 4 nitrogen and oxygen atoms in total. The fourth-order valence-corrected chi connectivity index (χ4v) is 4.81. The molecule has 1 saturated carbocycles. The highest BCUT2D eigenvalue weighted by Gasteiger charge is 2.22. The maximum absolute atomic E-state index is 12.6. The van der Waals surface area contributed by atoms with E-state index in [4.69, 9.17) is 10.5 Å². The van der Waals surface area contributed by atoms with Crippen molar-refractivity contribution in [2.24, 2.45) is 10.7 Å². The third-order valence-corrected chi connectivity index (χ3v) is 6.37. The molecule has 0 amide bonds. The Balaban J connectivity index is 1.83. The first-order valence-electron chi connectivity index (χ1n) is 8.61. The van der Waals surface area contributed by atoms with Gasteiger partial charge in [-0.25, -0.2) is 4.99 Å². The molecular weight excluding hydrogens is 332 g/mol. The highest BCUT2D eigenvalue weighted by atomic mass is 32.2. The van der Waals surface area contributed by atoms with E-state index in [0.717, 1.165) is 35.4 Å². The Bertz CT molecular complexity index is 769. The van der Waals surface area contributed by atoms with Gasteiger partial charge in [-0.2, -0.15) is 0 Å². The number of ether oxygens (including phenoxy) is 1. The molecule has 0 aromatic heterocycles. The van der Waals surface area contributed by atoms with E-state index in [2.05, 4.69) is 4.99 Å². The molecule has 0 bridgehead atoms. The number of hydrogen-bond donors (Lipinski definition) is 1. The van der Waals surface area contributed by atoms with Crippen LogP contribution in [0.5, 0.6) is 5.75 Å². The molecule has 2 N–H and O–H groups in total. The minimum Gasteiger partial charge on any atom is -0.496 e. The predicted octanol–water partition coefficient (Wildman–Crippen LogP) is 3.92. The van der Waals surface area contributed by atoms with E-state index in [1.165, 1.54) is 12.8 Å².